The second-order valence-electron chi connectivity index (χ2n) is 3.71. The molecule has 13 heavy (non-hydrogen) atoms. The van der Waals surface area contributed by atoms with Gasteiger partial charge in [-0.2, -0.15) is 0 Å². The topological polar surface area (TPSA) is 18.5 Å². The lowest BCUT2D eigenvalue weighted by molar-refractivity contribution is -0.149. The molecule has 0 bridgehead atoms. The molecule has 1 aliphatic rings. The minimum Gasteiger partial charge on any atom is -0.463 e. The van der Waals surface area contributed by atoms with Crippen molar-refractivity contribution >= 4 is 0 Å². The molecule has 1 heterocycles. The van der Waals surface area contributed by atoms with Gasteiger partial charge in [-0.3, -0.25) is 0 Å². The summed E-state index contributed by atoms with van der Waals surface area (Å²) in [5, 5.41) is 0. The van der Waals surface area contributed by atoms with Crippen LogP contribution in [0, 0.1) is 0 Å². The van der Waals surface area contributed by atoms with Gasteiger partial charge in [-0.05, 0) is 18.1 Å². The summed E-state index contributed by atoms with van der Waals surface area (Å²) in [5.74, 6) is 0.456. The molecule has 0 saturated heterocycles. The van der Waals surface area contributed by atoms with Crippen LogP contribution in [0.25, 0.3) is 0 Å². The van der Waals surface area contributed by atoms with E-state index < -0.39 is 5.79 Å². The van der Waals surface area contributed by atoms with Crippen molar-refractivity contribution < 1.29 is 9.47 Å². The smallest absolute Gasteiger partial charge is 0.204 e. The summed E-state index contributed by atoms with van der Waals surface area (Å²) in [6.07, 6.45) is 0.930. The number of hydrogen-bond acceptors (Lipinski definition) is 2. The number of hydrogen-bond donors (Lipinski definition) is 0. The van der Waals surface area contributed by atoms with Gasteiger partial charge in [-0.1, -0.05) is 18.2 Å². The van der Waals surface area contributed by atoms with Gasteiger partial charge in [-0.25, -0.2) is 0 Å². The highest BCUT2D eigenvalue weighted by atomic mass is 16.7. The Labute approximate surface area is 78.5 Å². The molecule has 2 nitrogen and oxygen atoms in total. The minimum absolute atomic E-state index is 0.493. The van der Waals surface area contributed by atoms with Crippen molar-refractivity contribution in [3.05, 3.63) is 29.8 Å². The Morgan fingerprint density at radius 2 is 2.00 bits per heavy atom. The summed E-state index contributed by atoms with van der Waals surface area (Å²) in [7, 11) is 0. The van der Waals surface area contributed by atoms with Crippen molar-refractivity contribution in [2.45, 2.75) is 26.1 Å². The molecular weight excluding hydrogens is 164 g/mol. The quantitative estimate of drug-likeness (QED) is 0.607. The zero-order valence-corrected chi connectivity index (χ0v) is 8.04. The maximum absolute atomic E-state index is 5.72. The fraction of sp³-hybridized carbons (Fsp3) is 0.455. The molecule has 70 valence electrons. The zero-order valence-electron chi connectivity index (χ0n) is 8.04. The van der Waals surface area contributed by atoms with E-state index in [1.165, 1.54) is 5.56 Å². The molecule has 0 N–H and O–H groups in total. The summed E-state index contributed by atoms with van der Waals surface area (Å²) < 4.78 is 11.3. The van der Waals surface area contributed by atoms with E-state index in [1.807, 2.05) is 32.0 Å². The van der Waals surface area contributed by atoms with Crippen molar-refractivity contribution in [3.8, 4) is 5.75 Å². The van der Waals surface area contributed by atoms with Crippen LogP contribution in [-0.2, 0) is 11.2 Å². The Morgan fingerprint density at radius 3 is 2.85 bits per heavy atom. The lowest BCUT2D eigenvalue weighted by atomic mass is 10.1. The summed E-state index contributed by atoms with van der Waals surface area (Å²) in [4.78, 5) is 0. The Kier molecular flexibility index (Phi) is 2.00. The van der Waals surface area contributed by atoms with Crippen molar-refractivity contribution in [2.24, 2.45) is 0 Å². The maximum atomic E-state index is 5.72. The monoisotopic (exact) mass is 178 g/mol. The summed E-state index contributed by atoms with van der Waals surface area (Å²) in [6, 6.07) is 8.09. The summed E-state index contributed by atoms with van der Waals surface area (Å²) >= 11 is 0. The first kappa shape index (κ1) is 8.57. The Balaban J connectivity index is 2.34. The second-order valence-corrected chi connectivity index (χ2v) is 3.71. The number of fused-ring (bicyclic) bond motifs is 1. The Morgan fingerprint density at radius 1 is 1.23 bits per heavy atom. The summed E-state index contributed by atoms with van der Waals surface area (Å²) in [6.45, 7) is 4.61. The molecule has 0 fully saturated rings. The van der Waals surface area contributed by atoms with E-state index in [0.717, 1.165) is 18.8 Å². The number of ether oxygens (including phenoxy) is 2. The fourth-order valence-corrected chi connectivity index (χ4v) is 1.51. The minimum atomic E-state index is -0.493. The van der Waals surface area contributed by atoms with Gasteiger partial charge in [0.1, 0.15) is 5.75 Å². The van der Waals surface area contributed by atoms with Crippen LogP contribution in [0.1, 0.15) is 19.4 Å². The molecule has 1 aliphatic heterocycles. The van der Waals surface area contributed by atoms with E-state index in [-0.39, 0.29) is 0 Å². The fourth-order valence-electron chi connectivity index (χ4n) is 1.51. The molecule has 0 amide bonds. The SMILES string of the molecule is CC1(C)OCCc2ccccc2O1. The van der Waals surface area contributed by atoms with E-state index >= 15 is 0 Å². The molecule has 0 saturated carbocycles. The Bertz CT molecular complexity index is 305. The van der Waals surface area contributed by atoms with Gasteiger partial charge in [0.15, 0.2) is 0 Å². The molecule has 0 radical (unpaired) electrons. The van der Waals surface area contributed by atoms with Crippen LogP contribution in [0.3, 0.4) is 0 Å². The average molecular weight is 178 g/mol. The van der Waals surface area contributed by atoms with Crippen molar-refractivity contribution in [1.82, 2.24) is 0 Å². The number of rotatable bonds is 0. The molecule has 0 unspecified atom stereocenters. The highest BCUT2D eigenvalue weighted by Gasteiger charge is 2.24. The van der Waals surface area contributed by atoms with Gasteiger partial charge >= 0.3 is 0 Å². The molecule has 0 aliphatic carbocycles. The average Bonchev–Trinajstić information content (AvgIpc) is 2.21. The lowest BCUT2D eigenvalue weighted by Gasteiger charge is -2.24. The lowest BCUT2D eigenvalue weighted by Crippen LogP contribution is -2.30. The highest BCUT2D eigenvalue weighted by Crippen LogP contribution is 2.27. The van der Waals surface area contributed by atoms with Gasteiger partial charge in [0.05, 0.1) is 6.61 Å². The third kappa shape index (κ3) is 1.83. The molecule has 2 rings (SSSR count). The van der Waals surface area contributed by atoms with Gasteiger partial charge in [0, 0.05) is 13.8 Å². The molecule has 1 aromatic rings. The molecule has 0 aromatic heterocycles. The highest BCUT2D eigenvalue weighted by molar-refractivity contribution is 5.34. The van der Waals surface area contributed by atoms with E-state index in [1.54, 1.807) is 0 Å². The van der Waals surface area contributed by atoms with Crippen molar-refractivity contribution in [2.75, 3.05) is 6.61 Å². The van der Waals surface area contributed by atoms with E-state index in [4.69, 9.17) is 9.47 Å². The predicted octanol–water partition coefficient (Wildman–Crippen LogP) is 2.37. The first-order chi connectivity index (χ1) is 6.17. The third-order valence-corrected chi connectivity index (χ3v) is 2.15. The van der Waals surface area contributed by atoms with Crippen LogP contribution in [-0.4, -0.2) is 12.4 Å². The first-order valence-corrected chi connectivity index (χ1v) is 4.58. The second kappa shape index (κ2) is 3.04. The first-order valence-electron chi connectivity index (χ1n) is 4.58. The Hall–Kier alpha value is -1.02. The van der Waals surface area contributed by atoms with Crippen LogP contribution in [0.15, 0.2) is 24.3 Å². The largest absolute Gasteiger partial charge is 0.463 e. The molecule has 0 atom stereocenters. The van der Waals surface area contributed by atoms with Gasteiger partial charge in [0.2, 0.25) is 5.79 Å². The van der Waals surface area contributed by atoms with E-state index in [9.17, 15) is 0 Å². The van der Waals surface area contributed by atoms with Crippen LogP contribution in [0.5, 0.6) is 5.75 Å². The van der Waals surface area contributed by atoms with Gasteiger partial charge in [0.25, 0.3) is 0 Å². The molecule has 2 heteroatoms. The predicted molar refractivity (Wildman–Crippen MR) is 50.8 cm³/mol. The maximum Gasteiger partial charge on any atom is 0.204 e. The van der Waals surface area contributed by atoms with Gasteiger partial charge in [-0.15, -0.1) is 0 Å². The normalized spacial score (nSPS) is 19.8. The third-order valence-electron chi connectivity index (χ3n) is 2.15. The summed E-state index contributed by atoms with van der Waals surface area (Å²) in [5.41, 5.74) is 1.23. The zero-order chi connectivity index (χ0) is 9.31. The van der Waals surface area contributed by atoms with Crippen molar-refractivity contribution in [1.29, 1.82) is 0 Å². The van der Waals surface area contributed by atoms with E-state index in [2.05, 4.69) is 6.07 Å². The van der Waals surface area contributed by atoms with Gasteiger partial charge < -0.3 is 9.47 Å². The standard InChI is InChI=1S/C11H14O2/c1-11(2)12-8-7-9-5-3-4-6-10(9)13-11/h3-6H,7-8H2,1-2H3. The molecule has 0 spiro atoms. The van der Waals surface area contributed by atoms with Crippen molar-refractivity contribution in [3.63, 3.8) is 0 Å². The molecular formula is C11H14O2. The van der Waals surface area contributed by atoms with E-state index in [0.29, 0.717) is 0 Å². The van der Waals surface area contributed by atoms with Crippen LogP contribution >= 0.6 is 0 Å². The van der Waals surface area contributed by atoms with Crippen LogP contribution in [0.4, 0.5) is 0 Å². The number of para-hydroxylation sites is 1. The molecule has 1 aromatic carbocycles. The number of benzene rings is 1. The van der Waals surface area contributed by atoms with Crippen LogP contribution in [0.2, 0.25) is 0 Å². The van der Waals surface area contributed by atoms with Crippen LogP contribution < -0.4 is 4.74 Å².